The summed E-state index contributed by atoms with van der Waals surface area (Å²) in [7, 11) is 0. The molecule has 0 radical (unpaired) electrons. The number of hydrogen-bond donors (Lipinski definition) is 3. The number of rotatable bonds is 10. The number of nitrogens with one attached hydrogen (secondary N) is 2. The lowest BCUT2D eigenvalue weighted by Crippen LogP contribution is -2.42. The first-order valence-electron chi connectivity index (χ1n) is 12.2. The Bertz CT molecular complexity index is 1020. The van der Waals surface area contributed by atoms with Gasteiger partial charge >= 0.3 is 5.97 Å². The number of nitrogens with zero attached hydrogens (tertiary/aromatic N) is 2. The number of pyridine rings is 2. The molecular formula is C26H34N4O4. The maximum atomic E-state index is 12.6. The summed E-state index contributed by atoms with van der Waals surface area (Å²) in [6.07, 6.45) is 9.91. The van der Waals surface area contributed by atoms with Gasteiger partial charge in [0.05, 0.1) is 6.10 Å². The molecule has 0 saturated heterocycles. The minimum Gasteiger partial charge on any atom is -0.480 e. The SMILES string of the molecule is Cc1cncc(C)c1C(=O)N[C@@H](CCOC1CC(CCc2ccc3c(n2)NCCC3)C1)C(=O)O. The van der Waals surface area contributed by atoms with Crippen LogP contribution >= 0.6 is 0 Å². The smallest absolute Gasteiger partial charge is 0.326 e. The highest BCUT2D eigenvalue weighted by Crippen LogP contribution is 2.34. The van der Waals surface area contributed by atoms with Crippen molar-refractivity contribution >= 4 is 17.7 Å². The Balaban J connectivity index is 1.17. The van der Waals surface area contributed by atoms with E-state index in [9.17, 15) is 14.7 Å². The average molecular weight is 467 g/mol. The first kappa shape index (κ1) is 24.1. The summed E-state index contributed by atoms with van der Waals surface area (Å²) in [6.45, 7) is 4.89. The van der Waals surface area contributed by atoms with E-state index in [0.717, 1.165) is 61.3 Å². The van der Waals surface area contributed by atoms with E-state index in [2.05, 4.69) is 27.8 Å². The summed E-state index contributed by atoms with van der Waals surface area (Å²) in [4.78, 5) is 33.1. The van der Waals surface area contributed by atoms with Crippen molar-refractivity contribution in [1.29, 1.82) is 0 Å². The normalized spacial score (nSPS) is 19.9. The summed E-state index contributed by atoms with van der Waals surface area (Å²) in [6, 6.07) is 3.36. The maximum absolute atomic E-state index is 12.6. The highest BCUT2D eigenvalue weighted by molar-refractivity contribution is 5.98. The maximum Gasteiger partial charge on any atom is 0.326 e. The third-order valence-electron chi connectivity index (χ3n) is 6.87. The van der Waals surface area contributed by atoms with Crippen molar-refractivity contribution in [3.05, 3.63) is 52.5 Å². The summed E-state index contributed by atoms with van der Waals surface area (Å²) >= 11 is 0. The van der Waals surface area contributed by atoms with Crippen LogP contribution in [0, 0.1) is 19.8 Å². The number of carboxylic acid groups (broad SMARTS) is 1. The lowest BCUT2D eigenvalue weighted by atomic mass is 9.79. The van der Waals surface area contributed by atoms with Gasteiger partial charge in [0, 0.05) is 43.2 Å². The Morgan fingerprint density at radius 2 is 2.00 bits per heavy atom. The Kier molecular flexibility index (Phi) is 7.77. The Morgan fingerprint density at radius 1 is 1.24 bits per heavy atom. The number of carbonyl (C=O) groups excluding carboxylic acids is 1. The van der Waals surface area contributed by atoms with Gasteiger partial charge in [-0.25, -0.2) is 9.78 Å². The van der Waals surface area contributed by atoms with Crippen molar-refractivity contribution in [2.75, 3.05) is 18.5 Å². The Labute approximate surface area is 200 Å². The molecule has 34 heavy (non-hydrogen) atoms. The van der Waals surface area contributed by atoms with E-state index in [1.54, 1.807) is 26.2 Å². The van der Waals surface area contributed by atoms with E-state index in [4.69, 9.17) is 9.72 Å². The van der Waals surface area contributed by atoms with Crippen LogP contribution in [-0.4, -0.2) is 52.2 Å². The zero-order valence-corrected chi connectivity index (χ0v) is 20.0. The molecule has 4 rings (SSSR count). The van der Waals surface area contributed by atoms with Gasteiger partial charge in [-0.1, -0.05) is 6.07 Å². The molecule has 0 spiro atoms. The summed E-state index contributed by atoms with van der Waals surface area (Å²) in [5, 5.41) is 15.6. The second kappa shape index (κ2) is 11.0. The lowest BCUT2D eigenvalue weighted by molar-refractivity contribution is -0.140. The van der Waals surface area contributed by atoms with Crippen LogP contribution in [-0.2, 0) is 22.4 Å². The molecule has 8 nitrogen and oxygen atoms in total. The summed E-state index contributed by atoms with van der Waals surface area (Å²) < 4.78 is 5.90. The molecule has 1 aliphatic carbocycles. The molecule has 2 aromatic heterocycles. The van der Waals surface area contributed by atoms with Crippen molar-refractivity contribution in [2.45, 2.75) is 70.9 Å². The zero-order chi connectivity index (χ0) is 24.1. The number of aliphatic carboxylic acids is 1. The standard InChI is InChI=1S/C26H34N4O4/c1-16-14-27-15-17(2)23(16)25(31)30-22(26(32)33)9-11-34-21-12-18(13-21)5-7-20-8-6-19-4-3-10-28-24(19)29-20/h6,8,14-15,18,21-22H,3-5,7,9-13H2,1-2H3,(H,28,29)(H,30,31)(H,32,33)/t18?,21?,22-/m0/s1. The quantitative estimate of drug-likeness (QED) is 0.491. The average Bonchev–Trinajstić information content (AvgIpc) is 2.78. The molecule has 1 amide bonds. The minimum absolute atomic E-state index is 0.165. The third-order valence-corrected chi connectivity index (χ3v) is 6.87. The van der Waals surface area contributed by atoms with E-state index in [1.807, 2.05) is 0 Å². The van der Waals surface area contributed by atoms with Crippen LogP contribution in [0.25, 0.3) is 0 Å². The van der Waals surface area contributed by atoms with Gasteiger partial charge in [0.25, 0.3) is 5.91 Å². The molecule has 2 aromatic rings. The topological polar surface area (TPSA) is 113 Å². The number of carboxylic acids is 1. The molecule has 3 N–H and O–H groups in total. The van der Waals surface area contributed by atoms with Gasteiger partial charge in [-0.2, -0.15) is 0 Å². The molecule has 1 saturated carbocycles. The van der Waals surface area contributed by atoms with Crippen LogP contribution in [0.1, 0.15) is 64.8 Å². The Hall–Kier alpha value is -3.00. The molecule has 0 aromatic carbocycles. The van der Waals surface area contributed by atoms with Crippen LogP contribution in [0.4, 0.5) is 5.82 Å². The van der Waals surface area contributed by atoms with Crippen LogP contribution in [0.2, 0.25) is 0 Å². The number of carbonyl (C=O) groups is 2. The highest BCUT2D eigenvalue weighted by Gasteiger charge is 2.30. The second-order valence-corrected chi connectivity index (χ2v) is 9.51. The molecule has 0 unspecified atom stereocenters. The molecule has 8 heteroatoms. The predicted molar refractivity (Wildman–Crippen MR) is 129 cm³/mol. The highest BCUT2D eigenvalue weighted by atomic mass is 16.5. The van der Waals surface area contributed by atoms with Crippen molar-refractivity contribution in [3.8, 4) is 0 Å². The number of ether oxygens (including phenoxy) is 1. The number of amides is 1. The summed E-state index contributed by atoms with van der Waals surface area (Å²) in [5.74, 6) is 0.218. The van der Waals surface area contributed by atoms with Crippen molar-refractivity contribution in [1.82, 2.24) is 15.3 Å². The van der Waals surface area contributed by atoms with E-state index in [1.165, 1.54) is 12.0 Å². The lowest BCUT2D eigenvalue weighted by Gasteiger charge is -2.35. The minimum atomic E-state index is -1.06. The first-order chi connectivity index (χ1) is 16.4. The van der Waals surface area contributed by atoms with Crippen LogP contribution in [0.3, 0.4) is 0 Å². The molecule has 1 atom stereocenters. The van der Waals surface area contributed by atoms with Gasteiger partial charge in [0.2, 0.25) is 0 Å². The number of aryl methyl sites for hydroxylation is 4. The van der Waals surface area contributed by atoms with Crippen LogP contribution in [0.15, 0.2) is 24.5 Å². The van der Waals surface area contributed by atoms with Crippen molar-refractivity contribution < 1.29 is 19.4 Å². The molecule has 3 heterocycles. The predicted octanol–water partition coefficient (Wildman–Crippen LogP) is 3.45. The van der Waals surface area contributed by atoms with Gasteiger partial charge in [0.15, 0.2) is 0 Å². The fraction of sp³-hybridized carbons (Fsp3) is 0.538. The first-order valence-corrected chi connectivity index (χ1v) is 12.2. The summed E-state index contributed by atoms with van der Waals surface area (Å²) in [5.41, 5.74) is 4.37. The molecule has 1 fully saturated rings. The van der Waals surface area contributed by atoms with E-state index in [-0.39, 0.29) is 18.4 Å². The number of hydrogen-bond acceptors (Lipinski definition) is 6. The van der Waals surface area contributed by atoms with Gasteiger partial charge in [0.1, 0.15) is 11.9 Å². The molecule has 0 bridgehead atoms. The molecule has 182 valence electrons. The van der Waals surface area contributed by atoms with Crippen molar-refractivity contribution in [2.24, 2.45) is 5.92 Å². The third kappa shape index (κ3) is 5.91. The molecular weight excluding hydrogens is 432 g/mol. The number of fused-ring (bicyclic) bond motifs is 1. The second-order valence-electron chi connectivity index (χ2n) is 9.51. The van der Waals surface area contributed by atoms with Crippen molar-refractivity contribution in [3.63, 3.8) is 0 Å². The van der Waals surface area contributed by atoms with Crippen LogP contribution in [0.5, 0.6) is 0 Å². The fourth-order valence-corrected chi connectivity index (χ4v) is 4.81. The number of aromatic nitrogens is 2. The van der Waals surface area contributed by atoms with E-state index >= 15 is 0 Å². The number of anilines is 1. The van der Waals surface area contributed by atoms with Gasteiger partial charge in [-0.15, -0.1) is 0 Å². The van der Waals surface area contributed by atoms with E-state index < -0.39 is 12.0 Å². The monoisotopic (exact) mass is 466 g/mol. The van der Waals surface area contributed by atoms with Gasteiger partial charge in [-0.05, 0) is 81.0 Å². The van der Waals surface area contributed by atoms with Crippen LogP contribution < -0.4 is 10.6 Å². The largest absolute Gasteiger partial charge is 0.480 e. The van der Waals surface area contributed by atoms with Gasteiger partial charge in [-0.3, -0.25) is 9.78 Å². The zero-order valence-electron chi connectivity index (χ0n) is 20.0. The van der Waals surface area contributed by atoms with E-state index in [0.29, 0.717) is 18.1 Å². The Morgan fingerprint density at radius 3 is 2.74 bits per heavy atom. The molecule has 1 aliphatic heterocycles. The molecule has 2 aliphatic rings. The van der Waals surface area contributed by atoms with Gasteiger partial charge < -0.3 is 20.5 Å². The fourth-order valence-electron chi connectivity index (χ4n) is 4.81.